The number of carboxylic acids is 1. The van der Waals surface area contributed by atoms with Crippen LogP contribution in [0.3, 0.4) is 0 Å². The molecule has 4 heteroatoms. The quantitative estimate of drug-likeness (QED) is 0.866. The summed E-state index contributed by atoms with van der Waals surface area (Å²) in [4.78, 5) is 11.7. The molecule has 98 valence electrons. The van der Waals surface area contributed by atoms with E-state index in [0.29, 0.717) is 12.1 Å². The number of rotatable bonds is 3. The van der Waals surface area contributed by atoms with Gasteiger partial charge in [0.05, 0.1) is 0 Å². The van der Waals surface area contributed by atoms with Gasteiger partial charge in [-0.15, -0.1) is 0 Å². The molecule has 1 fully saturated rings. The highest BCUT2D eigenvalue weighted by Crippen LogP contribution is 2.48. The Morgan fingerprint density at radius 1 is 1.39 bits per heavy atom. The van der Waals surface area contributed by atoms with Crippen molar-refractivity contribution in [2.45, 2.75) is 38.6 Å². The second-order valence-corrected chi connectivity index (χ2v) is 5.58. The lowest BCUT2D eigenvalue weighted by Gasteiger charge is -2.39. The Morgan fingerprint density at radius 2 is 2.11 bits per heavy atom. The smallest absolute Gasteiger partial charge is 0.329 e. The molecule has 0 aliphatic heterocycles. The molecule has 1 aromatic rings. The predicted octanol–water partition coefficient (Wildman–Crippen LogP) is 3.27. The standard InChI is InChI=1S/C14H18FNO2/c1-13(2)7-4-8-14(13,12(17)18)16-11-6-3-5-10(15)9-11/h3,5-6,9,16H,4,7-8H2,1-2H3,(H,17,18). The Bertz CT molecular complexity index is 473. The van der Waals surface area contributed by atoms with E-state index < -0.39 is 11.5 Å². The third-order valence-electron chi connectivity index (χ3n) is 4.06. The van der Waals surface area contributed by atoms with Crippen LogP contribution in [0.5, 0.6) is 0 Å². The van der Waals surface area contributed by atoms with E-state index in [1.807, 2.05) is 13.8 Å². The molecule has 0 heterocycles. The van der Waals surface area contributed by atoms with Gasteiger partial charge >= 0.3 is 5.97 Å². The topological polar surface area (TPSA) is 49.3 Å². The van der Waals surface area contributed by atoms with Crippen LogP contribution in [-0.2, 0) is 4.79 Å². The van der Waals surface area contributed by atoms with Gasteiger partial charge < -0.3 is 10.4 Å². The molecule has 0 bridgehead atoms. The number of carboxylic acid groups (broad SMARTS) is 1. The Balaban J connectivity index is 2.36. The van der Waals surface area contributed by atoms with Gasteiger partial charge in [-0.2, -0.15) is 0 Å². The molecule has 0 spiro atoms. The van der Waals surface area contributed by atoms with E-state index in [-0.39, 0.29) is 11.2 Å². The molecular weight excluding hydrogens is 233 g/mol. The van der Waals surface area contributed by atoms with Gasteiger partial charge in [0.1, 0.15) is 11.4 Å². The Morgan fingerprint density at radius 3 is 2.61 bits per heavy atom. The molecule has 0 aromatic heterocycles. The van der Waals surface area contributed by atoms with Crippen LogP contribution in [0.2, 0.25) is 0 Å². The summed E-state index contributed by atoms with van der Waals surface area (Å²) >= 11 is 0. The normalized spacial score (nSPS) is 25.9. The molecule has 2 rings (SSSR count). The minimum absolute atomic E-state index is 0.356. The van der Waals surface area contributed by atoms with E-state index in [2.05, 4.69) is 5.32 Å². The molecule has 1 aromatic carbocycles. The highest BCUT2D eigenvalue weighted by Gasteiger charge is 2.54. The summed E-state index contributed by atoms with van der Waals surface area (Å²) in [6.07, 6.45) is 2.27. The van der Waals surface area contributed by atoms with Crippen molar-refractivity contribution in [2.24, 2.45) is 5.41 Å². The number of carbonyl (C=O) groups is 1. The fraction of sp³-hybridized carbons (Fsp3) is 0.500. The summed E-state index contributed by atoms with van der Waals surface area (Å²) in [7, 11) is 0. The molecule has 18 heavy (non-hydrogen) atoms. The van der Waals surface area contributed by atoms with Gasteiger partial charge in [0.25, 0.3) is 0 Å². The van der Waals surface area contributed by atoms with Crippen LogP contribution in [0, 0.1) is 11.2 Å². The van der Waals surface area contributed by atoms with Crippen LogP contribution in [0.25, 0.3) is 0 Å². The number of anilines is 1. The SMILES string of the molecule is CC1(C)CCCC1(Nc1cccc(F)c1)C(=O)O. The molecule has 0 radical (unpaired) electrons. The van der Waals surface area contributed by atoms with Gasteiger partial charge in [0.15, 0.2) is 0 Å². The van der Waals surface area contributed by atoms with Gasteiger partial charge in [-0.05, 0) is 42.9 Å². The Kier molecular flexibility index (Phi) is 3.05. The van der Waals surface area contributed by atoms with Crippen molar-refractivity contribution >= 4 is 11.7 Å². The van der Waals surface area contributed by atoms with Crippen LogP contribution in [0.15, 0.2) is 24.3 Å². The summed E-state index contributed by atoms with van der Waals surface area (Å²) in [6.45, 7) is 3.89. The third-order valence-corrected chi connectivity index (χ3v) is 4.06. The highest BCUT2D eigenvalue weighted by atomic mass is 19.1. The van der Waals surface area contributed by atoms with Crippen LogP contribution in [-0.4, -0.2) is 16.6 Å². The second kappa shape index (κ2) is 4.26. The lowest BCUT2D eigenvalue weighted by molar-refractivity contribution is -0.145. The third kappa shape index (κ3) is 1.96. The minimum atomic E-state index is -1.01. The minimum Gasteiger partial charge on any atom is -0.479 e. The van der Waals surface area contributed by atoms with Crippen molar-refractivity contribution in [1.82, 2.24) is 0 Å². The summed E-state index contributed by atoms with van der Waals surface area (Å²) in [5.41, 5.74) is -0.848. The van der Waals surface area contributed by atoms with Crippen molar-refractivity contribution in [1.29, 1.82) is 0 Å². The van der Waals surface area contributed by atoms with Gasteiger partial charge in [-0.3, -0.25) is 0 Å². The van der Waals surface area contributed by atoms with Gasteiger partial charge in [-0.1, -0.05) is 19.9 Å². The molecule has 1 aliphatic rings. The molecule has 3 nitrogen and oxygen atoms in total. The van der Waals surface area contributed by atoms with Gasteiger partial charge in [0, 0.05) is 5.69 Å². The molecule has 2 N–H and O–H groups in total. The van der Waals surface area contributed by atoms with Crippen LogP contribution < -0.4 is 5.32 Å². The molecule has 1 aliphatic carbocycles. The fourth-order valence-corrected chi connectivity index (χ4v) is 2.84. The van der Waals surface area contributed by atoms with E-state index in [9.17, 15) is 14.3 Å². The van der Waals surface area contributed by atoms with Crippen LogP contribution in [0.1, 0.15) is 33.1 Å². The summed E-state index contributed by atoms with van der Waals surface area (Å²) < 4.78 is 13.2. The second-order valence-electron chi connectivity index (χ2n) is 5.58. The zero-order chi connectivity index (χ0) is 13.4. The first-order valence-corrected chi connectivity index (χ1v) is 6.15. The first-order chi connectivity index (χ1) is 8.37. The summed E-state index contributed by atoms with van der Waals surface area (Å²) in [5, 5.41) is 12.6. The van der Waals surface area contributed by atoms with Crippen molar-refractivity contribution in [3.63, 3.8) is 0 Å². The average Bonchev–Trinajstić information content (AvgIpc) is 2.55. The molecule has 1 saturated carbocycles. The van der Waals surface area contributed by atoms with Gasteiger partial charge in [-0.25, -0.2) is 9.18 Å². The Hall–Kier alpha value is -1.58. The van der Waals surface area contributed by atoms with E-state index >= 15 is 0 Å². The lowest BCUT2D eigenvalue weighted by atomic mass is 9.74. The average molecular weight is 251 g/mol. The molecular formula is C14H18FNO2. The highest BCUT2D eigenvalue weighted by molar-refractivity contribution is 5.84. The van der Waals surface area contributed by atoms with E-state index in [1.165, 1.54) is 12.1 Å². The molecule has 0 saturated heterocycles. The maximum Gasteiger partial charge on any atom is 0.329 e. The largest absolute Gasteiger partial charge is 0.479 e. The first-order valence-electron chi connectivity index (χ1n) is 6.15. The van der Waals surface area contributed by atoms with E-state index in [0.717, 1.165) is 12.8 Å². The summed E-state index contributed by atoms with van der Waals surface area (Å²) in [6, 6.07) is 5.95. The zero-order valence-corrected chi connectivity index (χ0v) is 10.7. The van der Waals surface area contributed by atoms with Crippen molar-refractivity contribution in [3.8, 4) is 0 Å². The number of benzene rings is 1. The first kappa shape index (κ1) is 12.9. The number of halogens is 1. The fourth-order valence-electron chi connectivity index (χ4n) is 2.84. The van der Waals surface area contributed by atoms with Gasteiger partial charge in [0.2, 0.25) is 0 Å². The van der Waals surface area contributed by atoms with Crippen molar-refractivity contribution in [3.05, 3.63) is 30.1 Å². The summed E-state index contributed by atoms with van der Waals surface area (Å²) in [5.74, 6) is -1.23. The number of hydrogen-bond donors (Lipinski definition) is 2. The number of hydrogen-bond acceptors (Lipinski definition) is 2. The van der Waals surface area contributed by atoms with Crippen molar-refractivity contribution < 1.29 is 14.3 Å². The van der Waals surface area contributed by atoms with Crippen LogP contribution in [0.4, 0.5) is 10.1 Å². The molecule has 1 atom stereocenters. The maximum atomic E-state index is 13.2. The molecule has 0 amide bonds. The number of nitrogens with one attached hydrogen (secondary N) is 1. The maximum absolute atomic E-state index is 13.2. The lowest BCUT2D eigenvalue weighted by Crippen LogP contribution is -2.54. The predicted molar refractivity (Wildman–Crippen MR) is 68.0 cm³/mol. The van der Waals surface area contributed by atoms with Crippen molar-refractivity contribution in [2.75, 3.05) is 5.32 Å². The molecule has 1 unspecified atom stereocenters. The van der Waals surface area contributed by atoms with Crippen LogP contribution >= 0.6 is 0 Å². The zero-order valence-electron chi connectivity index (χ0n) is 10.7. The number of aliphatic carboxylic acids is 1. The monoisotopic (exact) mass is 251 g/mol. The Labute approximate surface area is 106 Å². The van der Waals surface area contributed by atoms with E-state index in [4.69, 9.17) is 0 Å². The van der Waals surface area contributed by atoms with E-state index in [1.54, 1.807) is 12.1 Å².